The van der Waals surface area contributed by atoms with Gasteiger partial charge in [-0.2, -0.15) is 0 Å². The van der Waals surface area contributed by atoms with E-state index < -0.39 is 0 Å². The fourth-order valence-corrected chi connectivity index (χ4v) is 2.71. The maximum atomic E-state index is 6.20. The number of hydrogen-bond acceptors (Lipinski definition) is 1. The minimum Gasteiger partial charge on any atom is -0.357 e. The van der Waals surface area contributed by atoms with Crippen molar-refractivity contribution in [1.29, 1.82) is 0 Å². The Balaban J connectivity index is 2.28. The Labute approximate surface area is 104 Å². The molecule has 0 bridgehead atoms. The molecule has 0 fully saturated rings. The van der Waals surface area contributed by atoms with Crippen molar-refractivity contribution in [3.63, 3.8) is 0 Å². The van der Waals surface area contributed by atoms with E-state index in [1.807, 2.05) is 12.1 Å². The van der Waals surface area contributed by atoms with Gasteiger partial charge in [0, 0.05) is 30.1 Å². The van der Waals surface area contributed by atoms with E-state index in [-0.39, 0.29) is 0 Å². The molecule has 2 N–H and O–H groups in total. The lowest BCUT2D eigenvalue weighted by Crippen LogP contribution is -2.32. The molecule has 0 amide bonds. The molecule has 0 saturated carbocycles. The Hall–Kier alpha value is -0.700. The maximum Gasteiger partial charge on any atom is 0.0833 e. The highest BCUT2D eigenvalue weighted by Crippen LogP contribution is 2.34. The number of fused-ring (bicyclic) bond motifs is 3. The van der Waals surface area contributed by atoms with E-state index in [0.717, 1.165) is 18.5 Å². The van der Waals surface area contributed by atoms with Crippen LogP contribution in [0.4, 0.5) is 0 Å². The summed E-state index contributed by atoms with van der Waals surface area (Å²) < 4.78 is 0. The smallest absolute Gasteiger partial charge is 0.0833 e. The summed E-state index contributed by atoms with van der Waals surface area (Å²) in [6, 6.07) is 4.41. The highest BCUT2D eigenvalue weighted by atomic mass is 35.5. The van der Waals surface area contributed by atoms with Gasteiger partial charge in [0.25, 0.3) is 0 Å². The first-order valence-electron chi connectivity index (χ1n) is 5.37. The Morgan fingerprint density at radius 1 is 1.31 bits per heavy atom. The number of rotatable bonds is 0. The molecule has 0 spiro atoms. The van der Waals surface area contributed by atoms with E-state index in [2.05, 4.69) is 17.2 Å². The fraction of sp³-hybridized carbons (Fsp3) is 0.333. The molecule has 1 aromatic carbocycles. The first-order valence-corrected chi connectivity index (χ1v) is 6.13. The summed E-state index contributed by atoms with van der Waals surface area (Å²) in [6.45, 7) is 3.08. The van der Waals surface area contributed by atoms with Crippen LogP contribution < -0.4 is 5.32 Å². The van der Waals surface area contributed by atoms with Crippen molar-refractivity contribution in [2.24, 2.45) is 0 Å². The minimum absolute atomic E-state index is 0.509. The van der Waals surface area contributed by atoms with Crippen LogP contribution in [0.1, 0.15) is 18.2 Å². The van der Waals surface area contributed by atoms with Crippen molar-refractivity contribution in [3.05, 3.63) is 33.4 Å². The summed E-state index contributed by atoms with van der Waals surface area (Å²) in [7, 11) is 0. The van der Waals surface area contributed by atoms with Gasteiger partial charge in [-0.25, -0.2) is 0 Å². The number of halogens is 2. The third kappa shape index (κ3) is 1.45. The van der Waals surface area contributed by atoms with E-state index in [9.17, 15) is 0 Å². The molecule has 0 saturated heterocycles. The van der Waals surface area contributed by atoms with Gasteiger partial charge in [-0.05, 0) is 18.6 Å². The van der Waals surface area contributed by atoms with Crippen LogP contribution in [-0.4, -0.2) is 11.0 Å². The molecular formula is C12H12Cl2N2. The molecule has 16 heavy (non-hydrogen) atoms. The van der Waals surface area contributed by atoms with Gasteiger partial charge in [0.1, 0.15) is 0 Å². The Morgan fingerprint density at radius 3 is 2.94 bits per heavy atom. The van der Waals surface area contributed by atoms with E-state index in [4.69, 9.17) is 23.2 Å². The molecule has 2 heterocycles. The molecule has 84 valence electrons. The lowest BCUT2D eigenvalue weighted by Gasteiger charge is -2.20. The van der Waals surface area contributed by atoms with Crippen molar-refractivity contribution >= 4 is 34.1 Å². The lowest BCUT2D eigenvalue weighted by molar-refractivity contribution is 0.511. The van der Waals surface area contributed by atoms with Crippen molar-refractivity contribution in [3.8, 4) is 0 Å². The molecular weight excluding hydrogens is 243 g/mol. The van der Waals surface area contributed by atoms with E-state index in [1.54, 1.807) is 0 Å². The van der Waals surface area contributed by atoms with E-state index in [1.165, 1.54) is 16.6 Å². The van der Waals surface area contributed by atoms with E-state index >= 15 is 0 Å². The van der Waals surface area contributed by atoms with Crippen LogP contribution in [0.2, 0.25) is 10.0 Å². The van der Waals surface area contributed by atoms with Crippen LogP contribution in [-0.2, 0) is 13.0 Å². The zero-order chi connectivity index (χ0) is 11.3. The fourth-order valence-electron chi connectivity index (χ4n) is 2.34. The molecule has 1 atom stereocenters. The molecule has 1 aliphatic heterocycles. The van der Waals surface area contributed by atoms with Gasteiger partial charge in [-0.1, -0.05) is 29.3 Å². The number of hydrogen-bond donors (Lipinski definition) is 2. The van der Waals surface area contributed by atoms with E-state index in [0.29, 0.717) is 16.1 Å². The number of nitrogens with one attached hydrogen (secondary N) is 2. The monoisotopic (exact) mass is 254 g/mol. The predicted molar refractivity (Wildman–Crippen MR) is 68.3 cm³/mol. The largest absolute Gasteiger partial charge is 0.357 e. The highest BCUT2D eigenvalue weighted by molar-refractivity contribution is 6.45. The van der Waals surface area contributed by atoms with Gasteiger partial charge in [-0.15, -0.1) is 0 Å². The molecule has 1 aromatic heterocycles. The van der Waals surface area contributed by atoms with Crippen LogP contribution >= 0.6 is 23.2 Å². The van der Waals surface area contributed by atoms with Crippen molar-refractivity contribution in [2.45, 2.75) is 25.9 Å². The minimum atomic E-state index is 0.509. The molecule has 2 aromatic rings. The average molecular weight is 255 g/mol. The topological polar surface area (TPSA) is 27.8 Å². The lowest BCUT2D eigenvalue weighted by atomic mass is 10.0. The molecule has 2 nitrogen and oxygen atoms in total. The highest BCUT2D eigenvalue weighted by Gasteiger charge is 2.20. The number of H-pyrrole nitrogens is 1. The number of aromatic nitrogens is 1. The summed E-state index contributed by atoms with van der Waals surface area (Å²) in [5.74, 6) is 0. The first kappa shape index (κ1) is 10.5. The second-order valence-corrected chi connectivity index (χ2v) is 5.14. The Bertz CT molecular complexity index is 560. The van der Waals surface area contributed by atoms with Gasteiger partial charge >= 0.3 is 0 Å². The number of aromatic amines is 1. The van der Waals surface area contributed by atoms with Crippen LogP contribution in [0.15, 0.2) is 12.1 Å². The van der Waals surface area contributed by atoms with Crippen LogP contribution in [0.3, 0.4) is 0 Å². The van der Waals surface area contributed by atoms with Gasteiger partial charge in [0.2, 0.25) is 0 Å². The van der Waals surface area contributed by atoms with Gasteiger partial charge in [0.15, 0.2) is 0 Å². The zero-order valence-corrected chi connectivity index (χ0v) is 10.4. The molecule has 1 aliphatic rings. The molecule has 0 radical (unpaired) electrons. The first-order chi connectivity index (χ1) is 7.66. The average Bonchev–Trinajstić information content (AvgIpc) is 2.62. The van der Waals surface area contributed by atoms with Gasteiger partial charge in [0.05, 0.1) is 15.6 Å². The summed E-state index contributed by atoms with van der Waals surface area (Å²) in [5.41, 5.74) is 3.58. The molecule has 0 aliphatic carbocycles. The zero-order valence-electron chi connectivity index (χ0n) is 8.90. The quantitative estimate of drug-likeness (QED) is 0.740. The Morgan fingerprint density at radius 2 is 2.12 bits per heavy atom. The van der Waals surface area contributed by atoms with Crippen molar-refractivity contribution in [2.75, 3.05) is 0 Å². The second kappa shape index (κ2) is 3.66. The SMILES string of the molecule is C[C@@H]1Cc2[nH]c3c(Cl)c(Cl)ccc3c2CN1. The summed E-state index contributed by atoms with van der Waals surface area (Å²) in [6.07, 6.45) is 1.01. The van der Waals surface area contributed by atoms with Crippen LogP contribution in [0, 0.1) is 0 Å². The Kier molecular flexibility index (Phi) is 2.39. The van der Waals surface area contributed by atoms with Crippen LogP contribution in [0.25, 0.3) is 10.9 Å². The predicted octanol–water partition coefficient (Wildman–Crippen LogP) is 3.51. The third-order valence-electron chi connectivity index (χ3n) is 3.20. The molecule has 3 rings (SSSR count). The summed E-state index contributed by atoms with van der Waals surface area (Å²) in [5, 5.41) is 5.87. The second-order valence-electron chi connectivity index (χ2n) is 4.35. The maximum absolute atomic E-state index is 6.20. The number of benzene rings is 1. The molecule has 0 unspecified atom stereocenters. The normalized spacial score (nSPS) is 20.1. The van der Waals surface area contributed by atoms with Gasteiger partial charge < -0.3 is 10.3 Å². The third-order valence-corrected chi connectivity index (χ3v) is 4.00. The summed E-state index contributed by atoms with van der Waals surface area (Å²) in [4.78, 5) is 3.40. The standard InChI is InChI=1S/C12H12Cl2N2/c1-6-4-10-8(5-15-6)7-2-3-9(13)11(14)12(7)16-10/h2-3,6,15-16H,4-5H2,1H3/t6-/m1/s1. The van der Waals surface area contributed by atoms with Gasteiger partial charge in [-0.3, -0.25) is 0 Å². The van der Waals surface area contributed by atoms with Crippen LogP contribution in [0.5, 0.6) is 0 Å². The molecule has 4 heteroatoms. The van der Waals surface area contributed by atoms with Crippen molar-refractivity contribution < 1.29 is 0 Å². The van der Waals surface area contributed by atoms with Crippen molar-refractivity contribution in [1.82, 2.24) is 10.3 Å². The summed E-state index contributed by atoms with van der Waals surface area (Å²) >= 11 is 12.2.